The van der Waals surface area contributed by atoms with Gasteiger partial charge in [0.05, 0.1) is 13.1 Å². The lowest BCUT2D eigenvalue weighted by molar-refractivity contribution is -0.139. The molecule has 0 fully saturated rings. The molecule has 1 N–H and O–H groups in total. The number of carboxylic acid groups (broad SMARTS) is 1. The van der Waals surface area contributed by atoms with Crippen molar-refractivity contribution in [3.8, 4) is 11.5 Å². The number of hydrogen-bond donors (Lipinski definition) is 1. The van der Waals surface area contributed by atoms with Crippen molar-refractivity contribution < 1.29 is 18.8 Å². The van der Waals surface area contributed by atoms with Crippen molar-refractivity contribution in [3.63, 3.8) is 0 Å². The molecule has 0 saturated carbocycles. The van der Waals surface area contributed by atoms with Crippen LogP contribution >= 0.6 is 0 Å². The molecule has 6 nitrogen and oxygen atoms in total. The Bertz CT molecular complexity index is 610. The summed E-state index contributed by atoms with van der Waals surface area (Å²) >= 11 is 0. The van der Waals surface area contributed by atoms with E-state index in [4.69, 9.17) is 9.63 Å². The Morgan fingerprint density at radius 1 is 1.38 bits per heavy atom. The van der Waals surface area contributed by atoms with Gasteiger partial charge in [0, 0.05) is 11.6 Å². The van der Waals surface area contributed by atoms with Crippen LogP contribution in [0.25, 0.3) is 11.5 Å². The van der Waals surface area contributed by atoms with Crippen molar-refractivity contribution in [2.24, 2.45) is 0 Å². The number of rotatable bonds is 6. The molecule has 0 radical (unpaired) electrons. The quantitative estimate of drug-likeness (QED) is 0.879. The maximum Gasteiger partial charge on any atom is 0.317 e. The first kappa shape index (κ1) is 15.1. The molecule has 0 unspecified atom stereocenters. The number of aromatic nitrogens is 2. The molecule has 2 aromatic rings. The van der Waals surface area contributed by atoms with Crippen LogP contribution < -0.4 is 0 Å². The molecule has 1 heterocycles. The molecule has 0 saturated heterocycles. The molecule has 0 spiro atoms. The van der Waals surface area contributed by atoms with Crippen LogP contribution in [-0.4, -0.2) is 38.7 Å². The summed E-state index contributed by atoms with van der Waals surface area (Å²) < 4.78 is 18.0. The number of aliphatic carboxylic acids is 1. The Kier molecular flexibility index (Phi) is 4.64. The van der Waals surface area contributed by atoms with Crippen molar-refractivity contribution in [2.45, 2.75) is 26.4 Å². The van der Waals surface area contributed by atoms with Crippen LogP contribution in [0.2, 0.25) is 0 Å². The standard InChI is InChI=1S/C14H16FN3O3/c1-9(2)18(8-13(19)20)7-12-16-14(21-17-12)10-3-5-11(15)6-4-10/h3-6,9H,7-8H2,1-2H3,(H,19,20). The molecule has 0 atom stereocenters. The van der Waals surface area contributed by atoms with Crippen LogP contribution in [0.3, 0.4) is 0 Å². The maximum absolute atomic E-state index is 12.9. The van der Waals surface area contributed by atoms with Crippen molar-refractivity contribution in [3.05, 3.63) is 35.9 Å². The summed E-state index contributed by atoms with van der Waals surface area (Å²) in [5, 5.41) is 12.7. The predicted octanol–water partition coefficient (Wildman–Crippen LogP) is 2.17. The van der Waals surface area contributed by atoms with Crippen LogP contribution in [-0.2, 0) is 11.3 Å². The minimum Gasteiger partial charge on any atom is -0.480 e. The van der Waals surface area contributed by atoms with Gasteiger partial charge in [0.15, 0.2) is 5.82 Å². The van der Waals surface area contributed by atoms with Crippen LogP contribution in [0, 0.1) is 5.82 Å². The van der Waals surface area contributed by atoms with Gasteiger partial charge in [-0.3, -0.25) is 9.69 Å². The third-order valence-electron chi connectivity index (χ3n) is 2.97. The predicted molar refractivity (Wildman–Crippen MR) is 72.9 cm³/mol. The van der Waals surface area contributed by atoms with E-state index in [0.717, 1.165) is 0 Å². The lowest BCUT2D eigenvalue weighted by Crippen LogP contribution is -2.35. The minimum absolute atomic E-state index is 0.0360. The summed E-state index contributed by atoms with van der Waals surface area (Å²) in [7, 11) is 0. The smallest absolute Gasteiger partial charge is 0.317 e. The Labute approximate surface area is 121 Å². The van der Waals surface area contributed by atoms with E-state index in [-0.39, 0.29) is 30.8 Å². The molecule has 1 aromatic heterocycles. The first-order chi connectivity index (χ1) is 9.95. The van der Waals surface area contributed by atoms with Gasteiger partial charge in [-0.05, 0) is 38.1 Å². The summed E-state index contributed by atoms with van der Waals surface area (Å²) in [6, 6.07) is 5.75. The molecular weight excluding hydrogens is 277 g/mol. The van der Waals surface area contributed by atoms with Gasteiger partial charge in [0.1, 0.15) is 5.82 Å². The van der Waals surface area contributed by atoms with Gasteiger partial charge < -0.3 is 9.63 Å². The van der Waals surface area contributed by atoms with Crippen molar-refractivity contribution in [2.75, 3.05) is 6.54 Å². The summed E-state index contributed by atoms with van der Waals surface area (Å²) in [6.45, 7) is 3.96. The van der Waals surface area contributed by atoms with E-state index < -0.39 is 5.97 Å². The molecule has 1 aromatic carbocycles. The zero-order valence-electron chi connectivity index (χ0n) is 11.8. The molecule has 0 amide bonds. The zero-order valence-corrected chi connectivity index (χ0v) is 11.8. The number of carbonyl (C=O) groups is 1. The fraction of sp³-hybridized carbons (Fsp3) is 0.357. The van der Waals surface area contributed by atoms with E-state index >= 15 is 0 Å². The van der Waals surface area contributed by atoms with Crippen LogP contribution in [0.4, 0.5) is 4.39 Å². The molecule has 7 heteroatoms. The van der Waals surface area contributed by atoms with Gasteiger partial charge >= 0.3 is 5.97 Å². The zero-order chi connectivity index (χ0) is 15.4. The molecular formula is C14H16FN3O3. The molecule has 0 aliphatic rings. The Hall–Kier alpha value is -2.28. The van der Waals surface area contributed by atoms with Gasteiger partial charge in [-0.25, -0.2) is 4.39 Å². The highest BCUT2D eigenvalue weighted by Gasteiger charge is 2.17. The van der Waals surface area contributed by atoms with Gasteiger partial charge in [-0.2, -0.15) is 4.98 Å². The van der Waals surface area contributed by atoms with Crippen LogP contribution in [0.1, 0.15) is 19.7 Å². The van der Waals surface area contributed by atoms with E-state index in [1.54, 1.807) is 17.0 Å². The number of benzene rings is 1. The van der Waals surface area contributed by atoms with Gasteiger partial charge in [0.25, 0.3) is 5.89 Å². The third kappa shape index (κ3) is 4.09. The van der Waals surface area contributed by atoms with Gasteiger partial charge in [-0.1, -0.05) is 5.16 Å². The second-order valence-electron chi connectivity index (χ2n) is 4.92. The SMILES string of the molecule is CC(C)N(CC(=O)O)Cc1noc(-c2ccc(F)cc2)n1. The molecule has 0 aliphatic carbocycles. The topological polar surface area (TPSA) is 79.5 Å². The lowest BCUT2D eigenvalue weighted by Gasteiger charge is -2.22. The summed E-state index contributed by atoms with van der Waals surface area (Å²) in [4.78, 5) is 16.7. The van der Waals surface area contributed by atoms with E-state index in [0.29, 0.717) is 11.4 Å². The lowest BCUT2D eigenvalue weighted by atomic mass is 10.2. The van der Waals surface area contributed by atoms with Gasteiger partial charge in [0.2, 0.25) is 0 Å². The summed E-state index contributed by atoms with van der Waals surface area (Å²) in [6.07, 6.45) is 0. The van der Waals surface area contributed by atoms with Crippen LogP contribution in [0.5, 0.6) is 0 Å². The normalized spacial score (nSPS) is 11.3. The second-order valence-corrected chi connectivity index (χ2v) is 4.92. The highest BCUT2D eigenvalue weighted by Crippen LogP contribution is 2.18. The summed E-state index contributed by atoms with van der Waals surface area (Å²) in [5.74, 6) is -0.579. The fourth-order valence-corrected chi connectivity index (χ4v) is 1.80. The number of carboxylic acids is 1. The highest BCUT2D eigenvalue weighted by atomic mass is 19.1. The first-order valence-corrected chi connectivity index (χ1v) is 6.50. The van der Waals surface area contributed by atoms with Crippen LogP contribution in [0.15, 0.2) is 28.8 Å². The van der Waals surface area contributed by atoms with Crippen molar-refractivity contribution >= 4 is 5.97 Å². The monoisotopic (exact) mass is 293 g/mol. The fourth-order valence-electron chi connectivity index (χ4n) is 1.80. The molecule has 2 rings (SSSR count). The van der Waals surface area contributed by atoms with Crippen molar-refractivity contribution in [1.82, 2.24) is 15.0 Å². The molecule has 0 aliphatic heterocycles. The molecule has 0 bridgehead atoms. The Morgan fingerprint density at radius 2 is 2.05 bits per heavy atom. The minimum atomic E-state index is -0.911. The van der Waals surface area contributed by atoms with E-state index in [9.17, 15) is 9.18 Å². The van der Waals surface area contributed by atoms with Gasteiger partial charge in [-0.15, -0.1) is 0 Å². The Morgan fingerprint density at radius 3 is 2.62 bits per heavy atom. The second kappa shape index (κ2) is 6.45. The largest absolute Gasteiger partial charge is 0.480 e. The van der Waals surface area contributed by atoms with Crippen molar-refractivity contribution in [1.29, 1.82) is 0 Å². The average molecular weight is 293 g/mol. The Balaban J connectivity index is 2.11. The third-order valence-corrected chi connectivity index (χ3v) is 2.97. The number of halogens is 1. The first-order valence-electron chi connectivity index (χ1n) is 6.50. The van der Waals surface area contributed by atoms with E-state index in [1.807, 2.05) is 13.8 Å². The average Bonchev–Trinajstić information content (AvgIpc) is 2.87. The summed E-state index contributed by atoms with van der Waals surface area (Å²) in [5.41, 5.74) is 0.615. The molecule has 112 valence electrons. The maximum atomic E-state index is 12.9. The van der Waals surface area contributed by atoms with E-state index in [1.165, 1.54) is 12.1 Å². The number of hydrogen-bond acceptors (Lipinski definition) is 5. The highest BCUT2D eigenvalue weighted by molar-refractivity contribution is 5.69. The number of nitrogens with zero attached hydrogens (tertiary/aromatic N) is 3. The van der Waals surface area contributed by atoms with E-state index in [2.05, 4.69) is 10.1 Å². The molecule has 21 heavy (non-hydrogen) atoms.